The SMILES string of the molecule is CN(Cc1nc2ccccc2o1)Cc1ccc(Br)cc1F. The molecule has 3 rings (SSSR count). The lowest BCUT2D eigenvalue weighted by molar-refractivity contribution is 0.281. The van der Waals surface area contributed by atoms with Crippen LogP contribution in [0.25, 0.3) is 11.1 Å². The van der Waals surface area contributed by atoms with Crippen molar-refractivity contribution in [2.45, 2.75) is 13.1 Å². The highest BCUT2D eigenvalue weighted by atomic mass is 79.9. The van der Waals surface area contributed by atoms with Crippen LogP contribution >= 0.6 is 15.9 Å². The summed E-state index contributed by atoms with van der Waals surface area (Å²) in [7, 11) is 1.91. The van der Waals surface area contributed by atoms with Crippen molar-refractivity contribution < 1.29 is 8.81 Å². The second-order valence-electron chi connectivity index (χ2n) is 4.98. The molecule has 5 heteroatoms. The number of benzene rings is 2. The summed E-state index contributed by atoms with van der Waals surface area (Å²) >= 11 is 3.26. The summed E-state index contributed by atoms with van der Waals surface area (Å²) < 4.78 is 20.2. The van der Waals surface area contributed by atoms with Gasteiger partial charge in [-0.25, -0.2) is 9.37 Å². The average Bonchev–Trinajstić information content (AvgIpc) is 2.84. The molecule has 0 unspecified atom stereocenters. The highest BCUT2D eigenvalue weighted by molar-refractivity contribution is 9.10. The third kappa shape index (κ3) is 3.31. The molecule has 21 heavy (non-hydrogen) atoms. The zero-order chi connectivity index (χ0) is 14.8. The van der Waals surface area contributed by atoms with Crippen LogP contribution in [0.15, 0.2) is 51.4 Å². The second kappa shape index (κ2) is 5.95. The van der Waals surface area contributed by atoms with Crippen molar-refractivity contribution in [2.24, 2.45) is 0 Å². The first-order chi connectivity index (χ1) is 10.1. The predicted octanol–water partition coefficient (Wildman–Crippen LogP) is 4.36. The zero-order valence-corrected chi connectivity index (χ0v) is 13.1. The van der Waals surface area contributed by atoms with Crippen molar-refractivity contribution in [1.82, 2.24) is 9.88 Å². The van der Waals surface area contributed by atoms with Gasteiger partial charge in [0.1, 0.15) is 11.3 Å². The number of hydrogen-bond donors (Lipinski definition) is 0. The van der Waals surface area contributed by atoms with Crippen LogP contribution in [0.2, 0.25) is 0 Å². The Bertz CT molecular complexity index is 739. The first-order valence-electron chi connectivity index (χ1n) is 6.59. The number of halogens is 2. The Morgan fingerprint density at radius 2 is 2.00 bits per heavy atom. The third-order valence-electron chi connectivity index (χ3n) is 3.20. The highest BCUT2D eigenvalue weighted by Gasteiger charge is 2.10. The molecule has 0 bridgehead atoms. The molecule has 1 aromatic heterocycles. The molecule has 0 aliphatic rings. The number of oxazole rings is 1. The standard InChI is InChI=1S/C16H14BrFN2O/c1-20(9-11-6-7-12(17)8-13(11)18)10-16-19-14-4-2-3-5-15(14)21-16/h2-8H,9-10H2,1H3. The Kier molecular flexibility index (Phi) is 4.03. The smallest absolute Gasteiger partial charge is 0.209 e. The fourth-order valence-electron chi connectivity index (χ4n) is 2.22. The van der Waals surface area contributed by atoms with Crippen molar-refractivity contribution in [3.63, 3.8) is 0 Å². The van der Waals surface area contributed by atoms with Gasteiger partial charge in [0.15, 0.2) is 5.58 Å². The van der Waals surface area contributed by atoms with Gasteiger partial charge in [0, 0.05) is 16.6 Å². The van der Waals surface area contributed by atoms with E-state index in [1.807, 2.05) is 42.3 Å². The van der Waals surface area contributed by atoms with Crippen molar-refractivity contribution in [1.29, 1.82) is 0 Å². The molecule has 0 saturated carbocycles. The van der Waals surface area contributed by atoms with Gasteiger partial charge >= 0.3 is 0 Å². The fourth-order valence-corrected chi connectivity index (χ4v) is 2.55. The van der Waals surface area contributed by atoms with Crippen LogP contribution in [0.1, 0.15) is 11.5 Å². The molecule has 0 fully saturated rings. The molecule has 1 heterocycles. The summed E-state index contributed by atoms with van der Waals surface area (Å²) in [5.41, 5.74) is 2.27. The third-order valence-corrected chi connectivity index (χ3v) is 3.69. The van der Waals surface area contributed by atoms with Crippen LogP contribution in [0.5, 0.6) is 0 Å². The van der Waals surface area contributed by atoms with Gasteiger partial charge in [-0.3, -0.25) is 4.90 Å². The summed E-state index contributed by atoms with van der Waals surface area (Å²) in [6.07, 6.45) is 0. The van der Waals surface area contributed by atoms with E-state index < -0.39 is 0 Å². The van der Waals surface area contributed by atoms with E-state index in [1.54, 1.807) is 6.07 Å². The summed E-state index contributed by atoms with van der Waals surface area (Å²) in [5, 5.41) is 0. The van der Waals surface area contributed by atoms with Gasteiger partial charge in [-0.15, -0.1) is 0 Å². The van der Waals surface area contributed by atoms with Gasteiger partial charge in [0.25, 0.3) is 0 Å². The Morgan fingerprint density at radius 1 is 1.19 bits per heavy atom. The van der Waals surface area contributed by atoms with Gasteiger partial charge in [0.2, 0.25) is 5.89 Å². The molecule has 0 atom stereocenters. The average molecular weight is 349 g/mol. The Morgan fingerprint density at radius 3 is 2.76 bits per heavy atom. The molecule has 0 spiro atoms. The summed E-state index contributed by atoms with van der Waals surface area (Å²) in [5.74, 6) is 0.421. The first kappa shape index (κ1) is 14.2. The molecule has 3 nitrogen and oxygen atoms in total. The second-order valence-corrected chi connectivity index (χ2v) is 5.90. The lowest BCUT2D eigenvalue weighted by Crippen LogP contribution is -2.18. The summed E-state index contributed by atoms with van der Waals surface area (Å²) in [6.45, 7) is 1.03. The van der Waals surface area contributed by atoms with Gasteiger partial charge in [-0.05, 0) is 31.3 Å². The molecule has 0 aliphatic carbocycles. The Hall–Kier alpha value is -1.72. The van der Waals surface area contributed by atoms with Crippen molar-refractivity contribution in [3.05, 3.63) is 64.2 Å². The zero-order valence-electron chi connectivity index (χ0n) is 11.5. The Balaban J connectivity index is 1.72. The molecule has 0 amide bonds. The van der Waals surface area contributed by atoms with Crippen LogP contribution in [-0.2, 0) is 13.1 Å². The highest BCUT2D eigenvalue weighted by Crippen LogP contribution is 2.19. The summed E-state index contributed by atoms with van der Waals surface area (Å²) in [4.78, 5) is 6.39. The number of hydrogen-bond acceptors (Lipinski definition) is 3. The normalized spacial score (nSPS) is 11.4. The van der Waals surface area contributed by atoms with Crippen LogP contribution in [0, 0.1) is 5.82 Å². The minimum Gasteiger partial charge on any atom is -0.439 e. The van der Waals surface area contributed by atoms with Crippen LogP contribution < -0.4 is 0 Å². The maximum Gasteiger partial charge on any atom is 0.209 e. The number of para-hydroxylation sites is 2. The number of rotatable bonds is 4. The molecule has 0 radical (unpaired) electrons. The predicted molar refractivity (Wildman–Crippen MR) is 83.3 cm³/mol. The van der Waals surface area contributed by atoms with E-state index in [0.29, 0.717) is 24.5 Å². The molecule has 0 N–H and O–H groups in total. The van der Waals surface area contributed by atoms with E-state index >= 15 is 0 Å². The largest absolute Gasteiger partial charge is 0.439 e. The van der Waals surface area contributed by atoms with Gasteiger partial charge in [0.05, 0.1) is 6.54 Å². The lowest BCUT2D eigenvalue weighted by Gasteiger charge is -2.15. The topological polar surface area (TPSA) is 29.3 Å². The van der Waals surface area contributed by atoms with Gasteiger partial charge in [-0.1, -0.05) is 34.1 Å². The van der Waals surface area contributed by atoms with Crippen molar-refractivity contribution in [2.75, 3.05) is 7.05 Å². The quantitative estimate of drug-likeness (QED) is 0.701. The number of fused-ring (bicyclic) bond motifs is 1. The van der Waals surface area contributed by atoms with Crippen LogP contribution in [0.3, 0.4) is 0 Å². The molecular weight excluding hydrogens is 335 g/mol. The fraction of sp³-hybridized carbons (Fsp3) is 0.188. The maximum absolute atomic E-state index is 13.8. The van der Waals surface area contributed by atoms with E-state index in [0.717, 1.165) is 15.6 Å². The number of aromatic nitrogens is 1. The minimum absolute atomic E-state index is 0.214. The van der Waals surface area contributed by atoms with E-state index in [9.17, 15) is 4.39 Å². The number of nitrogens with zero attached hydrogens (tertiary/aromatic N) is 2. The molecular formula is C16H14BrFN2O. The lowest BCUT2D eigenvalue weighted by atomic mass is 10.2. The molecule has 0 aliphatic heterocycles. The maximum atomic E-state index is 13.8. The van der Waals surface area contributed by atoms with Crippen LogP contribution in [0.4, 0.5) is 4.39 Å². The van der Waals surface area contributed by atoms with E-state index in [2.05, 4.69) is 20.9 Å². The molecule has 108 valence electrons. The minimum atomic E-state index is -0.214. The molecule has 2 aromatic carbocycles. The first-order valence-corrected chi connectivity index (χ1v) is 7.38. The van der Waals surface area contributed by atoms with E-state index in [1.165, 1.54) is 6.07 Å². The molecule has 3 aromatic rings. The monoisotopic (exact) mass is 348 g/mol. The van der Waals surface area contributed by atoms with Gasteiger partial charge < -0.3 is 4.42 Å². The van der Waals surface area contributed by atoms with Crippen molar-refractivity contribution in [3.8, 4) is 0 Å². The molecule has 0 saturated heterocycles. The summed E-state index contributed by atoms with van der Waals surface area (Å²) in [6, 6.07) is 12.7. The van der Waals surface area contributed by atoms with Crippen molar-refractivity contribution >= 4 is 27.0 Å². The van der Waals surface area contributed by atoms with Crippen LogP contribution in [-0.4, -0.2) is 16.9 Å². The van der Waals surface area contributed by atoms with E-state index in [4.69, 9.17) is 4.42 Å². The van der Waals surface area contributed by atoms with Gasteiger partial charge in [-0.2, -0.15) is 0 Å². The Labute approximate surface area is 130 Å². The van der Waals surface area contributed by atoms with E-state index in [-0.39, 0.29) is 5.82 Å².